The van der Waals surface area contributed by atoms with Gasteiger partial charge in [0.15, 0.2) is 0 Å². The molecule has 0 aliphatic heterocycles. The first-order valence-corrected chi connectivity index (χ1v) is 7.07. The molecule has 1 aromatic carbocycles. The van der Waals surface area contributed by atoms with Crippen LogP contribution in [0.1, 0.15) is 16.1 Å². The maximum absolute atomic E-state index is 11.9. The molecule has 0 saturated carbocycles. The van der Waals surface area contributed by atoms with E-state index >= 15 is 0 Å². The molecule has 0 saturated heterocycles. The molecule has 0 radical (unpaired) electrons. The fourth-order valence-electron chi connectivity index (χ4n) is 1.51. The lowest BCUT2D eigenvalue weighted by molar-refractivity contribution is 0.0945. The van der Waals surface area contributed by atoms with E-state index in [1.54, 1.807) is 19.2 Å². The number of phenols is 1. The third kappa shape index (κ3) is 3.26. The Hall–Kier alpha value is -1.67. The number of nitrogens with zero attached hydrogens (tertiary/aromatic N) is 3. The van der Waals surface area contributed by atoms with Crippen LogP contribution in [0.25, 0.3) is 0 Å². The van der Waals surface area contributed by atoms with E-state index in [1.165, 1.54) is 23.2 Å². The van der Waals surface area contributed by atoms with E-state index in [0.29, 0.717) is 15.7 Å². The second kappa shape index (κ2) is 6.19. The van der Waals surface area contributed by atoms with Crippen molar-refractivity contribution in [3.05, 3.63) is 44.6 Å². The van der Waals surface area contributed by atoms with Gasteiger partial charge >= 0.3 is 0 Å². The lowest BCUT2D eigenvalue weighted by Crippen LogP contribution is -2.21. The van der Waals surface area contributed by atoms with Crippen molar-refractivity contribution in [3.8, 4) is 5.75 Å². The minimum atomic E-state index is -0.400. The highest BCUT2D eigenvalue weighted by molar-refractivity contribution is 9.10. The second-order valence-corrected chi connectivity index (χ2v) is 5.64. The fourth-order valence-corrected chi connectivity index (χ4v) is 2.42. The minimum absolute atomic E-state index is 0.0768. The van der Waals surface area contributed by atoms with E-state index in [1.807, 2.05) is 0 Å². The summed E-state index contributed by atoms with van der Waals surface area (Å²) in [5.74, 6) is -0.324. The number of aromatic hydroxyl groups is 1. The number of amides is 1. The van der Waals surface area contributed by atoms with Gasteiger partial charge in [-0.05, 0) is 34.1 Å². The van der Waals surface area contributed by atoms with Gasteiger partial charge in [0.1, 0.15) is 11.4 Å². The molecule has 0 spiro atoms. The summed E-state index contributed by atoms with van der Waals surface area (Å²) in [5.41, 5.74) is 3.23. The van der Waals surface area contributed by atoms with E-state index in [9.17, 15) is 9.90 Å². The number of phenolic OH excluding ortho intramolecular Hbond substituents is 1. The molecule has 2 N–H and O–H groups in total. The number of aromatic nitrogens is 2. The number of nitrogens with one attached hydrogen (secondary N) is 1. The summed E-state index contributed by atoms with van der Waals surface area (Å²) >= 11 is 6.52. The SMILES string of the molecule is Cn1ncc(Br)c1C(=O)N/N=C/c1cc(Br)ccc1O. The Morgan fingerprint density at radius 1 is 1.50 bits per heavy atom. The van der Waals surface area contributed by atoms with Crippen molar-refractivity contribution in [1.29, 1.82) is 0 Å². The summed E-state index contributed by atoms with van der Waals surface area (Å²) in [6.45, 7) is 0. The van der Waals surface area contributed by atoms with Gasteiger partial charge in [-0.3, -0.25) is 9.48 Å². The number of carbonyl (C=O) groups is 1. The first-order valence-electron chi connectivity index (χ1n) is 5.48. The molecule has 8 heteroatoms. The topological polar surface area (TPSA) is 79.5 Å². The van der Waals surface area contributed by atoms with Gasteiger partial charge in [-0.1, -0.05) is 15.9 Å². The van der Waals surface area contributed by atoms with Gasteiger partial charge in [0, 0.05) is 17.1 Å². The van der Waals surface area contributed by atoms with E-state index < -0.39 is 5.91 Å². The van der Waals surface area contributed by atoms with Crippen LogP contribution in [0.5, 0.6) is 5.75 Å². The summed E-state index contributed by atoms with van der Waals surface area (Å²) in [6, 6.07) is 4.92. The van der Waals surface area contributed by atoms with Gasteiger partial charge in [-0.15, -0.1) is 0 Å². The summed E-state index contributed by atoms with van der Waals surface area (Å²) < 4.78 is 2.82. The lowest BCUT2D eigenvalue weighted by Gasteiger charge is -2.02. The average Bonchev–Trinajstić information content (AvgIpc) is 2.73. The Kier molecular flexibility index (Phi) is 4.56. The number of halogens is 2. The van der Waals surface area contributed by atoms with Gasteiger partial charge in [-0.2, -0.15) is 10.2 Å². The predicted octanol–water partition coefficient (Wildman–Crippen LogP) is 2.41. The highest BCUT2D eigenvalue weighted by Crippen LogP contribution is 2.20. The molecule has 20 heavy (non-hydrogen) atoms. The number of carbonyl (C=O) groups excluding carboxylic acids is 1. The van der Waals surface area contributed by atoms with Crippen LogP contribution in [0.15, 0.2) is 38.4 Å². The molecule has 0 fully saturated rings. The summed E-state index contributed by atoms with van der Waals surface area (Å²) in [4.78, 5) is 11.9. The summed E-state index contributed by atoms with van der Waals surface area (Å²) in [5, 5.41) is 17.4. The van der Waals surface area contributed by atoms with Crippen molar-refractivity contribution in [2.24, 2.45) is 12.1 Å². The molecule has 0 unspecified atom stereocenters. The zero-order chi connectivity index (χ0) is 14.7. The zero-order valence-corrected chi connectivity index (χ0v) is 13.5. The smallest absolute Gasteiger partial charge is 0.290 e. The van der Waals surface area contributed by atoms with E-state index in [2.05, 4.69) is 47.5 Å². The monoisotopic (exact) mass is 400 g/mol. The predicted molar refractivity (Wildman–Crippen MR) is 81.8 cm³/mol. The molecule has 1 amide bonds. The molecule has 6 nitrogen and oxygen atoms in total. The summed E-state index contributed by atoms with van der Waals surface area (Å²) in [7, 11) is 1.66. The van der Waals surface area contributed by atoms with Crippen LogP contribution in [-0.2, 0) is 7.05 Å². The zero-order valence-electron chi connectivity index (χ0n) is 10.3. The Morgan fingerprint density at radius 3 is 2.90 bits per heavy atom. The highest BCUT2D eigenvalue weighted by Gasteiger charge is 2.14. The van der Waals surface area contributed by atoms with E-state index in [0.717, 1.165) is 4.47 Å². The van der Waals surface area contributed by atoms with E-state index in [-0.39, 0.29) is 5.75 Å². The second-order valence-electron chi connectivity index (χ2n) is 3.87. The average molecular weight is 402 g/mol. The van der Waals surface area contributed by atoms with Crippen molar-refractivity contribution < 1.29 is 9.90 Å². The number of hydrogen-bond acceptors (Lipinski definition) is 4. The van der Waals surface area contributed by atoms with Gasteiger partial charge in [0.25, 0.3) is 5.91 Å². The molecule has 2 rings (SSSR count). The number of rotatable bonds is 3. The Bertz CT molecular complexity index is 663. The van der Waals surface area contributed by atoms with E-state index in [4.69, 9.17) is 0 Å². The van der Waals surface area contributed by atoms with Crippen LogP contribution < -0.4 is 5.43 Å². The Labute approximate surface area is 131 Å². The molecular formula is C12H10Br2N4O2. The summed E-state index contributed by atoms with van der Waals surface area (Å²) in [6.07, 6.45) is 2.89. The number of aryl methyl sites for hydroxylation is 1. The molecular weight excluding hydrogens is 392 g/mol. The molecule has 1 aromatic heterocycles. The Balaban J connectivity index is 2.10. The molecule has 104 valence electrons. The number of hydrogen-bond donors (Lipinski definition) is 2. The van der Waals surface area contributed by atoms with Gasteiger partial charge in [0.2, 0.25) is 0 Å². The van der Waals surface area contributed by atoms with Crippen molar-refractivity contribution in [2.45, 2.75) is 0 Å². The maximum atomic E-state index is 11.9. The molecule has 0 aliphatic carbocycles. The standard InChI is InChI=1S/C12H10Br2N4O2/c1-18-11(9(14)6-16-18)12(20)17-15-5-7-4-8(13)2-3-10(7)19/h2-6,19H,1H3,(H,17,20)/b15-5+. The van der Waals surface area contributed by atoms with Crippen LogP contribution in [0.4, 0.5) is 0 Å². The van der Waals surface area contributed by atoms with Crippen LogP contribution in [0, 0.1) is 0 Å². The Morgan fingerprint density at radius 2 is 2.25 bits per heavy atom. The van der Waals surface area contributed by atoms with Crippen molar-refractivity contribution >= 4 is 44.0 Å². The van der Waals surface area contributed by atoms with Gasteiger partial charge in [0.05, 0.1) is 16.9 Å². The van der Waals surface area contributed by atoms with Crippen molar-refractivity contribution in [3.63, 3.8) is 0 Å². The normalized spacial score (nSPS) is 10.9. The molecule has 0 bridgehead atoms. The third-order valence-electron chi connectivity index (χ3n) is 2.47. The van der Waals surface area contributed by atoms with Crippen molar-refractivity contribution in [2.75, 3.05) is 0 Å². The first kappa shape index (κ1) is 14.7. The largest absolute Gasteiger partial charge is 0.507 e. The van der Waals surface area contributed by atoms with Crippen LogP contribution in [-0.4, -0.2) is 27.0 Å². The first-order chi connectivity index (χ1) is 9.49. The minimum Gasteiger partial charge on any atom is -0.507 e. The quantitative estimate of drug-likeness (QED) is 0.612. The van der Waals surface area contributed by atoms with Gasteiger partial charge in [-0.25, -0.2) is 5.43 Å². The number of benzene rings is 1. The lowest BCUT2D eigenvalue weighted by atomic mass is 10.2. The highest BCUT2D eigenvalue weighted by atomic mass is 79.9. The van der Waals surface area contributed by atoms with Crippen LogP contribution in [0.2, 0.25) is 0 Å². The number of hydrazone groups is 1. The maximum Gasteiger partial charge on any atom is 0.290 e. The molecule has 0 aliphatic rings. The molecule has 1 heterocycles. The molecule has 0 atom stereocenters. The fraction of sp³-hybridized carbons (Fsp3) is 0.0833. The molecule has 2 aromatic rings. The third-order valence-corrected chi connectivity index (χ3v) is 3.54. The van der Waals surface area contributed by atoms with Crippen LogP contribution >= 0.6 is 31.9 Å². The van der Waals surface area contributed by atoms with Crippen molar-refractivity contribution in [1.82, 2.24) is 15.2 Å². The van der Waals surface area contributed by atoms with Gasteiger partial charge < -0.3 is 5.11 Å². The van der Waals surface area contributed by atoms with Crippen LogP contribution in [0.3, 0.4) is 0 Å².